The molecule has 136 valence electrons. The lowest BCUT2D eigenvalue weighted by atomic mass is 10.2. The van der Waals surface area contributed by atoms with Gasteiger partial charge in [0.1, 0.15) is 16.2 Å². The monoisotopic (exact) mass is 382 g/mol. The lowest BCUT2D eigenvalue weighted by Gasteiger charge is -2.20. The second kappa shape index (κ2) is 6.91. The minimum atomic E-state index is -4.80. The highest BCUT2D eigenvalue weighted by atomic mass is 32.2. The average Bonchev–Trinajstić information content (AvgIpc) is 2.93. The summed E-state index contributed by atoms with van der Waals surface area (Å²) in [7, 11) is -4.80. The van der Waals surface area contributed by atoms with E-state index in [1.807, 2.05) is 6.07 Å². The maximum Gasteiger partial charge on any atom is 0.299 e. The molecule has 0 spiro atoms. The summed E-state index contributed by atoms with van der Waals surface area (Å²) in [5.41, 5.74) is 5.76. The van der Waals surface area contributed by atoms with Gasteiger partial charge >= 0.3 is 0 Å². The van der Waals surface area contributed by atoms with Crippen molar-refractivity contribution in [2.75, 3.05) is 10.4 Å². The summed E-state index contributed by atoms with van der Waals surface area (Å²) < 4.78 is 34.3. The van der Waals surface area contributed by atoms with E-state index in [2.05, 4.69) is 22.5 Å². The highest BCUT2D eigenvalue weighted by Gasteiger charge is 2.34. The van der Waals surface area contributed by atoms with Crippen LogP contribution in [0.25, 0.3) is 0 Å². The molecule has 2 N–H and O–H groups in total. The molecule has 1 aliphatic heterocycles. The SMILES string of the molecule is C=C1NN(c2ccccc2S(=O)(=O)[O-])C(=O)/C1=N/Nc1ccccc1C#N. The van der Waals surface area contributed by atoms with Gasteiger partial charge < -0.3 is 4.55 Å². The predicted molar refractivity (Wildman–Crippen MR) is 96.4 cm³/mol. The first-order chi connectivity index (χ1) is 12.8. The number of para-hydroxylation sites is 2. The van der Waals surface area contributed by atoms with Crippen molar-refractivity contribution in [2.45, 2.75) is 4.90 Å². The summed E-state index contributed by atoms with van der Waals surface area (Å²) in [4.78, 5) is 12.1. The summed E-state index contributed by atoms with van der Waals surface area (Å²) in [6.07, 6.45) is 0. The molecule has 0 radical (unpaired) electrons. The van der Waals surface area contributed by atoms with Crippen molar-refractivity contribution in [2.24, 2.45) is 5.10 Å². The summed E-state index contributed by atoms with van der Waals surface area (Å²) >= 11 is 0. The predicted octanol–water partition coefficient (Wildman–Crippen LogP) is 1.30. The molecule has 1 fully saturated rings. The van der Waals surface area contributed by atoms with Gasteiger partial charge in [-0.15, -0.1) is 0 Å². The Labute approximate surface area is 154 Å². The number of hydrogen-bond acceptors (Lipinski definition) is 8. The zero-order valence-electron chi connectivity index (χ0n) is 13.7. The fraction of sp³-hybridized carbons (Fsp3) is 0. The van der Waals surface area contributed by atoms with Gasteiger partial charge in [-0.3, -0.25) is 15.6 Å². The molecule has 0 bridgehead atoms. The smallest absolute Gasteiger partial charge is 0.299 e. The topological polar surface area (TPSA) is 138 Å². The molecule has 0 saturated carbocycles. The molecule has 1 heterocycles. The molecule has 27 heavy (non-hydrogen) atoms. The summed E-state index contributed by atoms with van der Waals surface area (Å²) in [6, 6.07) is 13.8. The van der Waals surface area contributed by atoms with Crippen molar-refractivity contribution in [3.63, 3.8) is 0 Å². The van der Waals surface area contributed by atoms with Crippen LogP contribution in [0.4, 0.5) is 11.4 Å². The van der Waals surface area contributed by atoms with Crippen LogP contribution in [0.3, 0.4) is 0 Å². The molecular formula is C17H12N5O4S-. The van der Waals surface area contributed by atoms with E-state index in [1.165, 1.54) is 18.2 Å². The Morgan fingerprint density at radius 2 is 1.85 bits per heavy atom. The van der Waals surface area contributed by atoms with E-state index < -0.39 is 20.9 Å². The van der Waals surface area contributed by atoms with Gasteiger partial charge in [0.25, 0.3) is 5.91 Å². The molecule has 0 atom stereocenters. The van der Waals surface area contributed by atoms with Crippen LogP contribution in [-0.4, -0.2) is 24.6 Å². The molecule has 0 unspecified atom stereocenters. The number of nitrogens with zero attached hydrogens (tertiary/aromatic N) is 3. The Hall–Kier alpha value is -3.68. The molecule has 3 rings (SSSR count). The third kappa shape index (κ3) is 3.50. The van der Waals surface area contributed by atoms with Gasteiger partial charge in [-0.1, -0.05) is 30.8 Å². The van der Waals surface area contributed by atoms with Crippen LogP contribution in [0.15, 0.2) is 70.8 Å². The standard InChI is InChI=1S/C17H13N5O4S/c1-11-16(20-19-13-7-3-2-6-12(13)10-18)17(23)22(21-11)14-8-4-5-9-15(14)27(24,25)26/h2-9,19,21H,1H2,(H,24,25,26)/p-1/b20-16+. The number of hydrazine groups is 1. The van der Waals surface area contributed by atoms with Gasteiger partial charge in [-0.05, 0) is 24.3 Å². The summed E-state index contributed by atoms with van der Waals surface area (Å²) in [5.74, 6) is -0.710. The Morgan fingerprint density at radius 3 is 2.56 bits per heavy atom. The molecule has 1 amide bonds. The van der Waals surface area contributed by atoms with E-state index >= 15 is 0 Å². The highest BCUT2D eigenvalue weighted by Crippen LogP contribution is 2.27. The Bertz CT molecular complexity index is 1120. The fourth-order valence-corrected chi connectivity index (χ4v) is 3.07. The van der Waals surface area contributed by atoms with Gasteiger partial charge in [0.2, 0.25) is 0 Å². The minimum Gasteiger partial charge on any atom is -0.744 e. The van der Waals surface area contributed by atoms with Crippen LogP contribution < -0.4 is 15.9 Å². The number of carbonyl (C=O) groups is 1. The lowest BCUT2D eigenvalue weighted by molar-refractivity contribution is -0.112. The van der Waals surface area contributed by atoms with Crippen molar-refractivity contribution >= 4 is 33.1 Å². The third-order valence-corrected chi connectivity index (χ3v) is 4.53. The van der Waals surface area contributed by atoms with Crippen molar-refractivity contribution in [3.8, 4) is 6.07 Å². The molecule has 0 aliphatic carbocycles. The van der Waals surface area contributed by atoms with Gasteiger partial charge in [0.05, 0.1) is 27.5 Å². The first kappa shape index (κ1) is 18.1. The minimum absolute atomic E-state index is 0.0973. The molecule has 0 aromatic heterocycles. The van der Waals surface area contributed by atoms with Crippen molar-refractivity contribution < 1.29 is 17.8 Å². The van der Waals surface area contributed by atoms with Crippen LogP contribution in [-0.2, 0) is 14.9 Å². The number of anilines is 2. The van der Waals surface area contributed by atoms with Gasteiger partial charge in [-0.25, -0.2) is 13.4 Å². The number of carbonyl (C=O) groups excluding carboxylic acids is 1. The van der Waals surface area contributed by atoms with E-state index in [4.69, 9.17) is 5.26 Å². The van der Waals surface area contributed by atoms with E-state index in [0.717, 1.165) is 11.1 Å². The number of hydrogen-bond donors (Lipinski definition) is 2. The number of rotatable bonds is 4. The first-order valence-corrected chi connectivity index (χ1v) is 8.92. The van der Waals surface area contributed by atoms with Gasteiger partial charge in [0.15, 0.2) is 5.71 Å². The largest absolute Gasteiger partial charge is 0.744 e. The van der Waals surface area contributed by atoms with Crippen molar-refractivity contribution in [1.82, 2.24) is 5.43 Å². The molecule has 10 heteroatoms. The van der Waals surface area contributed by atoms with E-state index in [1.54, 1.807) is 24.3 Å². The molecular weight excluding hydrogens is 370 g/mol. The molecule has 1 saturated heterocycles. The van der Waals surface area contributed by atoms with E-state index in [9.17, 15) is 17.8 Å². The second-order valence-corrected chi connectivity index (χ2v) is 6.73. The van der Waals surface area contributed by atoms with E-state index in [0.29, 0.717) is 11.3 Å². The van der Waals surface area contributed by atoms with E-state index in [-0.39, 0.29) is 17.1 Å². The number of benzene rings is 2. The third-order valence-electron chi connectivity index (χ3n) is 3.65. The Balaban J connectivity index is 1.94. The molecule has 1 aliphatic rings. The molecule has 2 aromatic rings. The zero-order chi connectivity index (χ0) is 19.6. The maximum absolute atomic E-state index is 12.6. The summed E-state index contributed by atoms with van der Waals surface area (Å²) in [6.45, 7) is 3.67. The zero-order valence-corrected chi connectivity index (χ0v) is 14.5. The molecule has 2 aromatic carbocycles. The fourth-order valence-electron chi connectivity index (χ4n) is 2.41. The van der Waals surface area contributed by atoms with Crippen LogP contribution in [0, 0.1) is 11.3 Å². The van der Waals surface area contributed by atoms with Crippen LogP contribution in [0.2, 0.25) is 0 Å². The Kier molecular flexibility index (Phi) is 4.64. The Morgan fingerprint density at radius 1 is 1.19 bits per heavy atom. The number of nitrogens with one attached hydrogen (secondary N) is 2. The molecule has 9 nitrogen and oxygen atoms in total. The number of amides is 1. The van der Waals surface area contributed by atoms with Gasteiger partial charge in [-0.2, -0.15) is 10.4 Å². The normalized spacial score (nSPS) is 15.6. The van der Waals surface area contributed by atoms with Crippen LogP contribution in [0.1, 0.15) is 5.56 Å². The van der Waals surface area contributed by atoms with Gasteiger partial charge in [0, 0.05) is 0 Å². The first-order valence-electron chi connectivity index (χ1n) is 7.51. The van der Waals surface area contributed by atoms with Crippen molar-refractivity contribution in [3.05, 3.63) is 66.4 Å². The quantitative estimate of drug-likeness (QED) is 0.600. The van der Waals surface area contributed by atoms with Crippen LogP contribution >= 0.6 is 0 Å². The number of nitriles is 1. The maximum atomic E-state index is 12.6. The lowest BCUT2D eigenvalue weighted by Crippen LogP contribution is -2.35. The summed E-state index contributed by atoms with van der Waals surface area (Å²) in [5, 5.41) is 13.9. The van der Waals surface area contributed by atoms with Crippen LogP contribution in [0.5, 0.6) is 0 Å². The number of hydrazone groups is 1. The van der Waals surface area contributed by atoms with Crippen molar-refractivity contribution in [1.29, 1.82) is 5.26 Å². The average molecular weight is 382 g/mol. The highest BCUT2D eigenvalue weighted by molar-refractivity contribution is 7.86. The second-order valence-electron chi connectivity index (χ2n) is 5.38.